The van der Waals surface area contributed by atoms with Crippen LogP contribution in [0, 0.1) is 0 Å². The minimum Gasteiger partial charge on any atom is -0.295 e. The Hall–Kier alpha value is -0.0400. The van der Waals surface area contributed by atoms with Crippen LogP contribution in [-0.4, -0.2) is 25.7 Å². The lowest BCUT2D eigenvalue weighted by Crippen LogP contribution is -2.52. The lowest BCUT2D eigenvalue weighted by Gasteiger charge is -2.42. The fourth-order valence-electron chi connectivity index (χ4n) is 1.32. The molecule has 5 heteroatoms. The van der Waals surface area contributed by atoms with E-state index < -0.39 is 0 Å². The van der Waals surface area contributed by atoms with Gasteiger partial charge in [0, 0.05) is 28.3 Å². The number of fused-ring (bicyclic) bond motifs is 1. The van der Waals surface area contributed by atoms with Gasteiger partial charge < -0.3 is 0 Å². The molecule has 12 heavy (non-hydrogen) atoms. The maximum absolute atomic E-state index is 11.1. The minimum absolute atomic E-state index is 0.0362. The largest absolute Gasteiger partial charge is 0.295 e. The molecule has 0 N–H and O–H groups in total. The Balaban J connectivity index is 2.26. The Morgan fingerprint density at radius 3 is 3.00 bits per heavy atom. The van der Waals surface area contributed by atoms with Gasteiger partial charge >= 0.3 is 0 Å². The van der Waals surface area contributed by atoms with Crippen LogP contribution in [0.4, 0.5) is 0 Å². The van der Waals surface area contributed by atoms with Crippen molar-refractivity contribution in [2.75, 3.05) is 5.75 Å². The van der Waals surface area contributed by atoms with Crippen LogP contribution >= 0.6 is 34.4 Å². The van der Waals surface area contributed by atoms with Crippen molar-refractivity contribution in [3.8, 4) is 0 Å². The Morgan fingerprint density at radius 1 is 1.75 bits per heavy atom. The molecule has 2 heterocycles. The molecule has 0 saturated carbocycles. The second kappa shape index (κ2) is 3.02. The molecule has 0 aromatic heterocycles. The summed E-state index contributed by atoms with van der Waals surface area (Å²) in [4.78, 5) is 23.7. The lowest BCUT2D eigenvalue weighted by atomic mass is 10.1. The number of hydrogen-bond acceptors (Lipinski definition) is 3. The van der Waals surface area contributed by atoms with Gasteiger partial charge in [0.15, 0.2) is 0 Å². The van der Waals surface area contributed by atoms with Crippen molar-refractivity contribution in [3.05, 3.63) is 11.8 Å². The lowest BCUT2D eigenvalue weighted by molar-refractivity contribution is -0.140. The van der Waals surface area contributed by atoms with E-state index in [0.29, 0.717) is 12.1 Å². The van der Waals surface area contributed by atoms with Gasteiger partial charge in [0.1, 0.15) is 0 Å². The zero-order chi connectivity index (χ0) is 8.72. The van der Waals surface area contributed by atoms with Gasteiger partial charge in [-0.3, -0.25) is 14.5 Å². The van der Waals surface area contributed by atoms with Crippen molar-refractivity contribution < 1.29 is 9.59 Å². The molecule has 0 radical (unpaired) electrons. The van der Waals surface area contributed by atoms with Crippen LogP contribution in [0.5, 0.6) is 0 Å². The first-order valence-corrected chi connectivity index (χ1v) is 5.66. The third-order valence-electron chi connectivity index (χ3n) is 1.93. The summed E-state index contributed by atoms with van der Waals surface area (Å²) < 4.78 is -0.0362. The van der Waals surface area contributed by atoms with Gasteiger partial charge in [-0.15, -0.1) is 11.8 Å². The zero-order valence-corrected chi connectivity index (χ0v) is 9.09. The Labute approximate surface area is 87.7 Å². The second-order valence-corrected chi connectivity index (χ2v) is 4.81. The third kappa shape index (κ3) is 1.19. The molecular weight excluding hydrogens is 289 g/mol. The van der Waals surface area contributed by atoms with Crippen molar-refractivity contribution in [1.82, 2.24) is 4.90 Å². The number of halogens is 1. The number of nitrogens with zero attached hydrogens (tertiary/aromatic N) is 1. The molecule has 2 aliphatic rings. The predicted octanol–water partition coefficient (Wildman–Crippen LogP) is 1.14. The van der Waals surface area contributed by atoms with Gasteiger partial charge in [0.25, 0.3) is 0 Å². The van der Waals surface area contributed by atoms with Gasteiger partial charge in [-0.1, -0.05) is 0 Å². The zero-order valence-electron chi connectivity index (χ0n) is 6.12. The summed E-state index contributed by atoms with van der Waals surface area (Å²) >= 11 is 3.43. The summed E-state index contributed by atoms with van der Waals surface area (Å²) in [6.07, 6.45) is 2.42. The van der Waals surface area contributed by atoms with Crippen LogP contribution < -0.4 is 0 Å². The number of hydrogen-bond donors (Lipinski definition) is 0. The van der Waals surface area contributed by atoms with Crippen molar-refractivity contribution in [3.63, 3.8) is 0 Å². The predicted molar refractivity (Wildman–Crippen MR) is 54.8 cm³/mol. The second-order valence-electron chi connectivity index (χ2n) is 2.62. The van der Waals surface area contributed by atoms with E-state index in [1.54, 1.807) is 39.3 Å². The molecule has 0 aromatic carbocycles. The average molecular weight is 295 g/mol. The van der Waals surface area contributed by atoms with Crippen LogP contribution in [0.1, 0.15) is 6.42 Å². The van der Waals surface area contributed by atoms with Crippen LogP contribution in [-0.2, 0) is 9.59 Å². The molecule has 1 atom stereocenters. The highest BCUT2D eigenvalue weighted by Gasteiger charge is 2.41. The normalized spacial score (nSPS) is 27.4. The van der Waals surface area contributed by atoms with Crippen molar-refractivity contribution >= 4 is 44.0 Å². The number of β-lactam (4-membered cyclic amide) rings is 1. The van der Waals surface area contributed by atoms with Crippen LogP contribution in [0.25, 0.3) is 0 Å². The third-order valence-corrected chi connectivity index (χ3v) is 3.61. The number of carbonyl (C=O) groups is 2. The maximum Gasteiger partial charge on any atom is 0.238 e. The highest BCUT2D eigenvalue weighted by molar-refractivity contribution is 14.1. The molecule has 1 unspecified atom stereocenters. The van der Waals surface area contributed by atoms with Gasteiger partial charge in [0.05, 0.1) is 17.5 Å². The van der Waals surface area contributed by atoms with Crippen molar-refractivity contribution in [2.45, 2.75) is 11.8 Å². The fraction of sp³-hybridized carbons (Fsp3) is 0.429. The topological polar surface area (TPSA) is 37.4 Å². The molecule has 1 amide bonds. The van der Waals surface area contributed by atoms with E-state index in [0.717, 1.165) is 5.75 Å². The first-order chi connectivity index (χ1) is 5.70. The first-order valence-electron chi connectivity index (χ1n) is 3.54. The van der Waals surface area contributed by atoms with E-state index in [9.17, 15) is 9.59 Å². The van der Waals surface area contributed by atoms with Gasteiger partial charge in [-0.25, -0.2) is 0 Å². The molecule has 3 nitrogen and oxygen atoms in total. The highest BCUT2D eigenvalue weighted by Crippen LogP contribution is 2.37. The monoisotopic (exact) mass is 295 g/mol. The molecule has 1 saturated heterocycles. The fourth-order valence-corrected chi connectivity index (χ4v) is 2.92. The molecule has 0 aliphatic carbocycles. The minimum atomic E-state index is -0.0362. The van der Waals surface area contributed by atoms with Crippen LogP contribution in [0.3, 0.4) is 0 Å². The van der Waals surface area contributed by atoms with E-state index in [-0.39, 0.29) is 15.1 Å². The molecule has 64 valence electrons. The van der Waals surface area contributed by atoms with Crippen LogP contribution in [0.2, 0.25) is 0 Å². The Bertz CT molecular complexity index is 289. The van der Waals surface area contributed by atoms with Gasteiger partial charge in [0.2, 0.25) is 9.70 Å². The summed E-state index contributed by atoms with van der Waals surface area (Å²) in [6.45, 7) is 0. The molecule has 0 spiro atoms. The number of thioether (sulfide) groups is 1. The quantitative estimate of drug-likeness (QED) is 0.413. The number of allylic oxidation sites excluding steroid dienone is 1. The summed E-state index contributed by atoms with van der Waals surface area (Å²) in [5.74, 6) is 0.918. The highest BCUT2D eigenvalue weighted by atomic mass is 127. The van der Waals surface area contributed by atoms with Gasteiger partial charge in [-0.05, 0) is 6.08 Å². The summed E-state index contributed by atoms with van der Waals surface area (Å²) in [6, 6.07) is 0. The molecule has 0 aromatic rings. The average Bonchev–Trinajstić information content (AvgIpc) is 2.01. The molecular formula is C7H6INO2S. The maximum atomic E-state index is 11.1. The smallest absolute Gasteiger partial charge is 0.238 e. The molecule has 1 fully saturated rings. The van der Waals surface area contributed by atoms with Gasteiger partial charge in [-0.2, -0.15) is 0 Å². The summed E-state index contributed by atoms with van der Waals surface area (Å²) in [7, 11) is 0. The Morgan fingerprint density at radius 2 is 2.50 bits per heavy atom. The van der Waals surface area contributed by atoms with E-state index >= 15 is 0 Å². The van der Waals surface area contributed by atoms with Crippen LogP contribution in [0.15, 0.2) is 11.8 Å². The summed E-state index contributed by atoms with van der Waals surface area (Å²) in [5.41, 5.74) is 0.579. The molecule has 0 bridgehead atoms. The van der Waals surface area contributed by atoms with Crippen molar-refractivity contribution in [1.29, 1.82) is 0 Å². The van der Waals surface area contributed by atoms with E-state index in [1.165, 1.54) is 0 Å². The molecule has 2 aliphatic heterocycles. The first kappa shape index (κ1) is 8.55. The standard InChI is InChI=1S/C7H6INO2S/c8-7(11)4-1-2-12-6-3-5(10)9(4)6/h1,6H,2-3H2. The molecule has 2 rings (SSSR count). The van der Waals surface area contributed by atoms with E-state index in [4.69, 9.17) is 0 Å². The number of rotatable bonds is 1. The van der Waals surface area contributed by atoms with E-state index in [2.05, 4.69) is 0 Å². The number of carbonyl (C=O) groups excluding carboxylic acids is 2. The SMILES string of the molecule is O=C(I)C1=CCSC2CC(=O)N12. The summed E-state index contributed by atoms with van der Waals surface area (Å²) in [5, 5.41) is 0.233. The number of amides is 1. The Kier molecular flexibility index (Phi) is 2.16. The van der Waals surface area contributed by atoms with Crippen molar-refractivity contribution in [2.24, 2.45) is 0 Å². The van der Waals surface area contributed by atoms with E-state index in [1.807, 2.05) is 6.08 Å².